The van der Waals surface area contributed by atoms with Crippen LogP contribution in [0.2, 0.25) is 0 Å². The molecule has 444 valence electrons. The van der Waals surface area contributed by atoms with Gasteiger partial charge in [-0.3, -0.25) is 0 Å². The summed E-state index contributed by atoms with van der Waals surface area (Å²) >= 11 is 0. The lowest BCUT2D eigenvalue weighted by molar-refractivity contribution is -0.272. The highest BCUT2D eigenvalue weighted by Gasteiger charge is 2.71. The normalized spacial score (nSPS) is 48.4. The van der Waals surface area contributed by atoms with Gasteiger partial charge >= 0.3 is 12.2 Å². The van der Waals surface area contributed by atoms with Crippen LogP contribution in [-0.2, 0) is 28.4 Å². The first-order valence-electron chi connectivity index (χ1n) is 33.1. The number of hydrogen-bond donors (Lipinski definition) is 5. The zero-order valence-corrected chi connectivity index (χ0v) is 50.4. The van der Waals surface area contributed by atoms with Gasteiger partial charge in [0.1, 0.15) is 12.2 Å². The third kappa shape index (κ3) is 10.2. The molecule has 13 nitrogen and oxygen atoms in total. The van der Waals surface area contributed by atoms with Crippen molar-refractivity contribution in [3.8, 4) is 0 Å². The van der Waals surface area contributed by atoms with Gasteiger partial charge in [-0.15, -0.1) is 0 Å². The van der Waals surface area contributed by atoms with Crippen LogP contribution in [0, 0.1) is 92.7 Å². The molecule has 4 aliphatic heterocycles. The third-order valence-electron chi connectivity index (χ3n) is 25.7. The lowest BCUT2D eigenvalue weighted by atomic mass is 9.46. The van der Waals surface area contributed by atoms with Gasteiger partial charge < -0.3 is 55.0 Å². The molecule has 0 aromatic rings. The smallest absolute Gasteiger partial charge is 0.407 e. The molecule has 12 aliphatic rings. The number of alkyl carbamates (subject to hydrolysis) is 2. The van der Waals surface area contributed by atoms with Crippen LogP contribution in [-0.4, -0.2) is 114 Å². The van der Waals surface area contributed by atoms with E-state index in [9.17, 15) is 9.59 Å². The molecule has 6 saturated carbocycles. The molecule has 2 amide bonds. The molecule has 0 aromatic carbocycles. The maximum atomic E-state index is 13.0. The molecule has 2 spiro atoms. The van der Waals surface area contributed by atoms with Gasteiger partial charge in [-0.25, -0.2) is 9.59 Å². The molecule has 10 fully saturated rings. The van der Waals surface area contributed by atoms with Crippen LogP contribution in [0.5, 0.6) is 0 Å². The Balaban J connectivity index is 0.493. The summed E-state index contributed by atoms with van der Waals surface area (Å²) in [5.74, 6) is 6.93. The van der Waals surface area contributed by atoms with E-state index in [0.717, 1.165) is 110 Å². The fraction of sp³-hybridized carbons (Fsp3) is 0.909. The quantitative estimate of drug-likeness (QED) is 0.0788. The van der Waals surface area contributed by atoms with Crippen LogP contribution in [0.15, 0.2) is 23.3 Å². The van der Waals surface area contributed by atoms with Crippen molar-refractivity contribution < 1.29 is 38.0 Å². The summed E-state index contributed by atoms with van der Waals surface area (Å²) < 4.78 is 39.6. The number of amides is 2. The second-order valence-electron chi connectivity index (χ2n) is 29.8. The van der Waals surface area contributed by atoms with Gasteiger partial charge in [0, 0.05) is 89.9 Å². The highest BCUT2D eigenvalue weighted by atomic mass is 16.7. The van der Waals surface area contributed by atoms with Gasteiger partial charge in [0.05, 0.1) is 25.4 Å². The predicted molar refractivity (Wildman–Crippen MR) is 308 cm³/mol. The minimum Gasteiger partial charge on any atom is -0.446 e. The monoisotopic (exact) mass is 1100 g/mol. The van der Waals surface area contributed by atoms with E-state index in [1.807, 2.05) is 0 Å². The number of nitrogens with one attached hydrogen (secondary N) is 5. The van der Waals surface area contributed by atoms with Gasteiger partial charge in [0.15, 0.2) is 11.6 Å². The molecule has 0 aromatic heterocycles. The summed E-state index contributed by atoms with van der Waals surface area (Å²) in [5, 5.41) is 16.3. The van der Waals surface area contributed by atoms with Gasteiger partial charge in [0.25, 0.3) is 0 Å². The van der Waals surface area contributed by atoms with Crippen molar-refractivity contribution in [2.24, 2.45) is 92.7 Å². The molecule has 0 radical (unpaired) electrons. The minimum atomic E-state index is -0.358. The second kappa shape index (κ2) is 22.6. The number of ether oxygens (including phenoxy) is 6. The first kappa shape index (κ1) is 57.2. The summed E-state index contributed by atoms with van der Waals surface area (Å²) in [6.07, 6.45) is 27.8. The Kier molecular flexibility index (Phi) is 16.4. The lowest BCUT2D eigenvalue weighted by Gasteiger charge is -2.58. The molecule has 13 heteroatoms. The number of carbonyl (C=O) groups excluding carboxylic acids is 2. The first-order valence-corrected chi connectivity index (χ1v) is 33.1. The zero-order chi connectivity index (χ0) is 55.0. The van der Waals surface area contributed by atoms with Crippen LogP contribution in [0.25, 0.3) is 0 Å². The van der Waals surface area contributed by atoms with Crippen molar-refractivity contribution >= 4 is 12.2 Å². The van der Waals surface area contributed by atoms with Crippen LogP contribution >= 0.6 is 0 Å². The van der Waals surface area contributed by atoms with E-state index in [1.54, 1.807) is 11.1 Å². The van der Waals surface area contributed by atoms with E-state index in [0.29, 0.717) is 120 Å². The van der Waals surface area contributed by atoms with Gasteiger partial charge in [-0.1, -0.05) is 78.7 Å². The number of allylic oxidation sites excluding steroid dienone is 2. The molecular weight excluding hydrogens is 991 g/mol. The highest BCUT2D eigenvalue weighted by Crippen LogP contribution is 2.73. The van der Waals surface area contributed by atoms with Crippen molar-refractivity contribution in [2.45, 2.75) is 220 Å². The van der Waals surface area contributed by atoms with Crippen molar-refractivity contribution in [1.82, 2.24) is 26.6 Å². The molecule has 12 rings (SSSR count). The molecule has 79 heavy (non-hydrogen) atoms. The number of hydrogen-bond acceptors (Lipinski definition) is 11. The minimum absolute atomic E-state index is 0.0523. The molecule has 4 heterocycles. The first-order chi connectivity index (χ1) is 38.0. The van der Waals surface area contributed by atoms with Crippen molar-refractivity contribution in [1.29, 1.82) is 0 Å². The standard InChI is InChI=1S/C66H107N5O8/c1-9-50-58-56(79-66(50)21-10-11-41(2)39-75-66)38-54-49-15-13-45-36-47(18-23-62(45,6)52(49)20-25-64(54,58)8)77-60(73)71-34-32-69-30-28-67-27-29-68-31-33-70-59(72)76-46-17-22-61(5)44(35-46)12-14-48-51(61)19-24-63(7)53(48)37-55-57(63)43(4)65(78-55)26-16-42(3)40-74-65/h12-13,41-43,46-58,67-69H,9-11,14-40H2,1-8H3,(H,70,72)(H,71,73)/t41-,42-,43-,46-,47-,48+,49+,50-,51-,52-,53-,54-,55-,56-,57?,58?,61-,62-,63-,64-,65-,66-/m0/s1. The highest BCUT2D eigenvalue weighted by molar-refractivity contribution is 5.67. The van der Waals surface area contributed by atoms with Crippen LogP contribution in [0.3, 0.4) is 0 Å². The summed E-state index contributed by atoms with van der Waals surface area (Å²) in [4.78, 5) is 25.9. The van der Waals surface area contributed by atoms with Crippen LogP contribution in [0.1, 0.15) is 184 Å². The van der Waals surface area contributed by atoms with Gasteiger partial charge in [-0.2, -0.15) is 0 Å². The van der Waals surface area contributed by atoms with Crippen LogP contribution in [0.4, 0.5) is 9.59 Å². The summed E-state index contributed by atoms with van der Waals surface area (Å²) in [7, 11) is 0. The average molecular weight is 1100 g/mol. The average Bonchev–Trinajstić information content (AvgIpc) is 2.87. The predicted octanol–water partition coefficient (Wildman–Crippen LogP) is 11.5. The molecule has 5 N–H and O–H groups in total. The molecular formula is C66H107N5O8. The maximum absolute atomic E-state index is 13.0. The van der Waals surface area contributed by atoms with Crippen LogP contribution < -0.4 is 26.6 Å². The zero-order valence-electron chi connectivity index (χ0n) is 50.4. The second-order valence-corrected chi connectivity index (χ2v) is 29.8. The van der Waals surface area contributed by atoms with E-state index < -0.39 is 0 Å². The Hall–Kier alpha value is -2.26. The van der Waals surface area contributed by atoms with Crippen molar-refractivity contribution in [3.05, 3.63) is 23.3 Å². The number of carbonyl (C=O) groups is 2. The maximum Gasteiger partial charge on any atom is 0.407 e. The molecule has 0 bridgehead atoms. The summed E-state index contributed by atoms with van der Waals surface area (Å²) in [5.41, 5.74) is 4.12. The third-order valence-corrected chi connectivity index (χ3v) is 25.7. The Morgan fingerprint density at radius 1 is 0.557 bits per heavy atom. The Morgan fingerprint density at radius 2 is 1.04 bits per heavy atom. The largest absolute Gasteiger partial charge is 0.446 e. The van der Waals surface area contributed by atoms with Crippen molar-refractivity contribution in [2.75, 3.05) is 65.6 Å². The Labute approximate surface area is 476 Å². The fourth-order valence-electron chi connectivity index (χ4n) is 21.7. The lowest BCUT2D eigenvalue weighted by Crippen LogP contribution is -2.52. The Morgan fingerprint density at radius 3 is 1.57 bits per heavy atom. The van der Waals surface area contributed by atoms with Gasteiger partial charge in [0.2, 0.25) is 0 Å². The molecule has 22 atom stereocenters. The topological polar surface area (TPSA) is 150 Å². The van der Waals surface area contributed by atoms with E-state index >= 15 is 0 Å². The molecule has 2 unspecified atom stereocenters. The summed E-state index contributed by atoms with van der Waals surface area (Å²) in [6, 6.07) is 0. The Bertz CT molecular complexity index is 2250. The number of fused-ring (bicyclic) bond motifs is 14. The van der Waals surface area contributed by atoms with E-state index in [1.165, 1.54) is 57.8 Å². The van der Waals surface area contributed by atoms with E-state index in [-0.39, 0.29) is 46.8 Å². The molecule has 4 saturated heterocycles. The van der Waals surface area contributed by atoms with E-state index in [4.69, 9.17) is 28.4 Å². The molecule has 8 aliphatic carbocycles. The van der Waals surface area contributed by atoms with Crippen molar-refractivity contribution in [3.63, 3.8) is 0 Å². The SMILES string of the molecule is CC[C@H]1C2[C@H](C[C@H]3[C@@H]4CC=C5C[C@@H](OC(=O)NCCNCCNCCNCCNC(=O)O[C@H]6CC[C@@]7(C)C(=CC[C@@H]8[C@@H]7CC[C@]7(C)C9[C@H](C[C@@H]87)O[C@@]7(CC[C@H](C)CO7)[C@H]9C)C6)CC[C@]5(C)[C@H]4CC[C@]23C)O[C@@]12CCC[C@H](C)CO2. The summed E-state index contributed by atoms with van der Waals surface area (Å²) in [6.45, 7) is 27.3. The fourth-order valence-corrected chi connectivity index (χ4v) is 21.7. The van der Waals surface area contributed by atoms with Gasteiger partial charge in [-0.05, 0) is 184 Å². The number of rotatable bonds is 15. The van der Waals surface area contributed by atoms with E-state index in [2.05, 4.69) is 94.1 Å².